The summed E-state index contributed by atoms with van der Waals surface area (Å²) in [5.74, 6) is 0.470. The molecule has 0 aliphatic carbocycles. The van der Waals surface area contributed by atoms with E-state index in [9.17, 15) is 9.59 Å². The summed E-state index contributed by atoms with van der Waals surface area (Å²) in [7, 11) is 0. The molecular weight excluding hydrogens is 344 g/mol. The van der Waals surface area contributed by atoms with E-state index in [1.165, 1.54) is 0 Å². The minimum Gasteiger partial charge on any atom is -0.367 e. The van der Waals surface area contributed by atoms with E-state index in [4.69, 9.17) is 0 Å². The fourth-order valence-electron chi connectivity index (χ4n) is 3.01. The van der Waals surface area contributed by atoms with Crippen molar-refractivity contribution in [2.75, 3.05) is 36.8 Å². The topological polar surface area (TPSA) is 99.2 Å². The Labute approximate surface area is 158 Å². The molecule has 0 bridgehead atoms. The highest BCUT2D eigenvalue weighted by atomic mass is 16.2. The number of anilines is 2. The summed E-state index contributed by atoms with van der Waals surface area (Å²) in [5.41, 5.74) is 0.754. The number of nitrogens with zero attached hydrogens (tertiary/aromatic N) is 3. The van der Waals surface area contributed by atoms with Crippen LogP contribution < -0.4 is 16.0 Å². The average Bonchev–Trinajstić information content (AvgIpc) is 2.72. The molecular formula is C19H24N6O2. The van der Waals surface area contributed by atoms with Crippen LogP contribution in [0, 0.1) is 5.92 Å². The lowest BCUT2D eigenvalue weighted by Gasteiger charge is -2.32. The molecule has 3 amide bonds. The molecule has 1 aromatic heterocycles. The van der Waals surface area contributed by atoms with Gasteiger partial charge in [-0.3, -0.25) is 9.78 Å². The van der Waals surface area contributed by atoms with Crippen molar-refractivity contribution in [2.45, 2.75) is 12.8 Å². The summed E-state index contributed by atoms with van der Waals surface area (Å²) >= 11 is 0. The molecule has 0 spiro atoms. The van der Waals surface area contributed by atoms with Crippen LogP contribution in [0.5, 0.6) is 0 Å². The van der Waals surface area contributed by atoms with Crippen molar-refractivity contribution in [1.82, 2.24) is 20.2 Å². The summed E-state index contributed by atoms with van der Waals surface area (Å²) in [6.45, 7) is 2.15. The molecule has 3 rings (SSSR count). The van der Waals surface area contributed by atoms with Crippen molar-refractivity contribution >= 4 is 23.4 Å². The van der Waals surface area contributed by atoms with E-state index >= 15 is 0 Å². The SMILES string of the molecule is O=C(NCCNc1cnccn1)C1CCCN(C(=O)Nc2ccccc2)C1. The number of aromatic nitrogens is 2. The number of piperidine rings is 1. The number of urea groups is 1. The monoisotopic (exact) mass is 368 g/mol. The van der Waals surface area contributed by atoms with Crippen molar-refractivity contribution in [3.8, 4) is 0 Å². The van der Waals surface area contributed by atoms with Crippen molar-refractivity contribution in [1.29, 1.82) is 0 Å². The molecule has 1 saturated heterocycles. The van der Waals surface area contributed by atoms with Crippen LogP contribution in [0.25, 0.3) is 0 Å². The van der Waals surface area contributed by atoms with Crippen LogP contribution in [-0.2, 0) is 4.79 Å². The fourth-order valence-corrected chi connectivity index (χ4v) is 3.01. The Balaban J connectivity index is 1.41. The highest BCUT2D eigenvalue weighted by molar-refractivity contribution is 5.90. The second-order valence-electron chi connectivity index (χ2n) is 6.39. The molecule has 8 nitrogen and oxygen atoms in total. The first-order valence-electron chi connectivity index (χ1n) is 9.11. The van der Waals surface area contributed by atoms with Gasteiger partial charge in [0.25, 0.3) is 0 Å². The number of hydrogen-bond donors (Lipinski definition) is 3. The predicted molar refractivity (Wildman–Crippen MR) is 103 cm³/mol. The largest absolute Gasteiger partial charge is 0.367 e. The summed E-state index contributed by atoms with van der Waals surface area (Å²) in [6, 6.07) is 9.17. The lowest BCUT2D eigenvalue weighted by atomic mass is 9.97. The lowest BCUT2D eigenvalue weighted by Crippen LogP contribution is -2.47. The van der Waals surface area contributed by atoms with Gasteiger partial charge in [-0.2, -0.15) is 0 Å². The molecule has 1 atom stereocenters. The first-order chi connectivity index (χ1) is 13.2. The number of carbonyl (C=O) groups is 2. The second kappa shape index (κ2) is 9.51. The molecule has 2 heterocycles. The smallest absolute Gasteiger partial charge is 0.321 e. The summed E-state index contributed by atoms with van der Waals surface area (Å²) in [6.07, 6.45) is 6.45. The number of carbonyl (C=O) groups excluding carboxylic acids is 2. The van der Waals surface area contributed by atoms with Crippen molar-refractivity contribution in [2.24, 2.45) is 5.92 Å². The molecule has 2 aromatic rings. The van der Waals surface area contributed by atoms with E-state index in [0.29, 0.717) is 32.0 Å². The van der Waals surface area contributed by atoms with Gasteiger partial charge in [0.1, 0.15) is 5.82 Å². The average molecular weight is 368 g/mol. The van der Waals surface area contributed by atoms with Gasteiger partial charge in [0, 0.05) is 44.3 Å². The maximum atomic E-state index is 12.4. The number of benzene rings is 1. The summed E-state index contributed by atoms with van der Waals surface area (Å²) in [5, 5.41) is 8.89. The van der Waals surface area contributed by atoms with E-state index in [-0.39, 0.29) is 17.9 Å². The predicted octanol–water partition coefficient (Wildman–Crippen LogP) is 1.95. The minimum absolute atomic E-state index is 0.0202. The van der Waals surface area contributed by atoms with Crippen molar-refractivity contribution in [3.05, 3.63) is 48.9 Å². The molecule has 3 N–H and O–H groups in total. The Kier molecular flexibility index (Phi) is 6.56. The normalized spacial score (nSPS) is 16.4. The quantitative estimate of drug-likeness (QED) is 0.677. The van der Waals surface area contributed by atoms with Crippen LogP contribution in [0.15, 0.2) is 48.9 Å². The second-order valence-corrected chi connectivity index (χ2v) is 6.39. The third-order valence-corrected chi connectivity index (χ3v) is 4.40. The molecule has 1 aliphatic heterocycles. The lowest BCUT2D eigenvalue weighted by molar-refractivity contribution is -0.126. The van der Waals surface area contributed by atoms with E-state index < -0.39 is 0 Å². The minimum atomic E-state index is -0.184. The van der Waals surface area contributed by atoms with E-state index in [1.807, 2.05) is 30.3 Å². The molecule has 1 aromatic carbocycles. The highest BCUT2D eigenvalue weighted by Crippen LogP contribution is 2.18. The van der Waals surface area contributed by atoms with Gasteiger partial charge in [-0.25, -0.2) is 9.78 Å². The van der Waals surface area contributed by atoms with Crippen LogP contribution in [0.1, 0.15) is 12.8 Å². The molecule has 0 saturated carbocycles. The highest BCUT2D eigenvalue weighted by Gasteiger charge is 2.28. The van der Waals surface area contributed by atoms with Gasteiger partial charge in [-0.1, -0.05) is 18.2 Å². The van der Waals surface area contributed by atoms with Crippen LogP contribution in [0.4, 0.5) is 16.3 Å². The third-order valence-electron chi connectivity index (χ3n) is 4.40. The van der Waals surface area contributed by atoms with Crippen LogP contribution in [-0.4, -0.2) is 53.0 Å². The van der Waals surface area contributed by atoms with Gasteiger partial charge in [-0.05, 0) is 25.0 Å². The number of likely N-dealkylation sites (tertiary alicyclic amines) is 1. The van der Waals surface area contributed by atoms with Crippen molar-refractivity contribution < 1.29 is 9.59 Å². The fraction of sp³-hybridized carbons (Fsp3) is 0.368. The van der Waals surface area contributed by atoms with Gasteiger partial charge in [0.2, 0.25) is 5.91 Å². The van der Waals surface area contributed by atoms with E-state index in [2.05, 4.69) is 25.9 Å². The van der Waals surface area contributed by atoms with Gasteiger partial charge >= 0.3 is 6.03 Å². The number of rotatable bonds is 6. The molecule has 1 aliphatic rings. The van der Waals surface area contributed by atoms with Gasteiger partial charge in [-0.15, -0.1) is 0 Å². The Morgan fingerprint density at radius 3 is 2.78 bits per heavy atom. The van der Waals surface area contributed by atoms with Gasteiger partial charge < -0.3 is 20.9 Å². The number of hydrogen-bond acceptors (Lipinski definition) is 5. The Morgan fingerprint density at radius 1 is 1.15 bits per heavy atom. The van der Waals surface area contributed by atoms with Gasteiger partial charge in [0.15, 0.2) is 0 Å². The Bertz CT molecular complexity index is 740. The molecule has 8 heteroatoms. The first kappa shape index (κ1) is 18.6. The zero-order valence-electron chi connectivity index (χ0n) is 15.1. The van der Waals surface area contributed by atoms with E-state index in [1.54, 1.807) is 23.5 Å². The Hall–Kier alpha value is -3.16. The molecule has 1 fully saturated rings. The van der Waals surface area contributed by atoms with Crippen LogP contribution in [0.2, 0.25) is 0 Å². The molecule has 1 unspecified atom stereocenters. The Morgan fingerprint density at radius 2 is 2.00 bits per heavy atom. The molecule has 0 radical (unpaired) electrons. The number of amides is 3. The molecule has 27 heavy (non-hydrogen) atoms. The zero-order valence-corrected chi connectivity index (χ0v) is 15.1. The maximum Gasteiger partial charge on any atom is 0.321 e. The van der Waals surface area contributed by atoms with Crippen LogP contribution >= 0.6 is 0 Å². The maximum absolute atomic E-state index is 12.4. The summed E-state index contributed by atoms with van der Waals surface area (Å²) < 4.78 is 0. The van der Waals surface area contributed by atoms with Crippen molar-refractivity contribution in [3.63, 3.8) is 0 Å². The standard InChI is InChI=1S/C19H24N6O2/c26-18(23-11-10-22-17-13-20-8-9-21-17)15-5-4-12-25(14-15)19(27)24-16-6-2-1-3-7-16/h1-3,6-9,13,15H,4-5,10-12,14H2,(H,21,22)(H,23,26)(H,24,27). The zero-order chi connectivity index (χ0) is 18.9. The van der Waals surface area contributed by atoms with Gasteiger partial charge in [0.05, 0.1) is 12.1 Å². The van der Waals surface area contributed by atoms with Crippen LogP contribution in [0.3, 0.4) is 0 Å². The number of para-hydroxylation sites is 1. The number of nitrogens with one attached hydrogen (secondary N) is 3. The van der Waals surface area contributed by atoms with E-state index in [0.717, 1.165) is 18.5 Å². The third kappa shape index (κ3) is 5.67. The summed E-state index contributed by atoms with van der Waals surface area (Å²) in [4.78, 5) is 34.6. The first-order valence-corrected chi connectivity index (χ1v) is 9.11. The molecule has 142 valence electrons.